The molecule has 4 rings (SSSR count). The van der Waals surface area contributed by atoms with Gasteiger partial charge in [-0.2, -0.15) is 0 Å². The Morgan fingerprint density at radius 1 is 1.17 bits per heavy atom. The fraction of sp³-hybridized carbons (Fsp3) is 0.545. The number of aliphatic carboxylic acids is 1. The lowest BCUT2D eigenvalue weighted by Gasteiger charge is -2.28. The molecular formula is C22H28N2O4S. The predicted molar refractivity (Wildman–Crippen MR) is 114 cm³/mol. The van der Waals surface area contributed by atoms with Gasteiger partial charge in [-0.05, 0) is 37.1 Å². The van der Waals surface area contributed by atoms with Crippen LogP contribution in [0.5, 0.6) is 5.75 Å². The maximum absolute atomic E-state index is 11.1. The molecule has 1 aromatic carbocycles. The normalized spacial score (nSPS) is 18.1. The van der Waals surface area contributed by atoms with Crippen LogP contribution in [0, 0.1) is 0 Å². The first-order valence-corrected chi connectivity index (χ1v) is 11.4. The van der Waals surface area contributed by atoms with Gasteiger partial charge in [0.25, 0.3) is 0 Å². The van der Waals surface area contributed by atoms with Crippen LogP contribution in [-0.4, -0.2) is 48.0 Å². The third kappa shape index (κ3) is 5.28. The molecule has 6 nitrogen and oxygen atoms in total. The third-order valence-corrected chi connectivity index (χ3v) is 6.57. The molecule has 2 aromatic rings. The minimum atomic E-state index is -0.759. The number of benzene rings is 1. The van der Waals surface area contributed by atoms with Crippen LogP contribution in [0.1, 0.15) is 44.9 Å². The molecule has 0 atom stereocenters. The molecule has 7 heteroatoms. The zero-order valence-electron chi connectivity index (χ0n) is 16.6. The molecule has 0 unspecified atom stereocenters. The number of thiazole rings is 1. The largest absolute Gasteiger partial charge is 0.490 e. The van der Waals surface area contributed by atoms with Crippen LogP contribution in [0.15, 0.2) is 29.6 Å². The van der Waals surface area contributed by atoms with Gasteiger partial charge in [0.1, 0.15) is 11.9 Å². The first-order valence-electron chi connectivity index (χ1n) is 10.5. The smallest absolute Gasteiger partial charge is 0.305 e. The van der Waals surface area contributed by atoms with Gasteiger partial charge < -0.3 is 19.5 Å². The summed E-state index contributed by atoms with van der Waals surface area (Å²) in [5.41, 5.74) is 1.98. The molecule has 1 aliphatic heterocycles. The molecule has 29 heavy (non-hydrogen) atoms. The highest BCUT2D eigenvalue weighted by molar-refractivity contribution is 7.14. The molecule has 156 valence electrons. The average molecular weight is 417 g/mol. The van der Waals surface area contributed by atoms with Gasteiger partial charge in [-0.1, -0.05) is 12.8 Å². The number of anilines is 1. The second-order valence-electron chi connectivity index (χ2n) is 7.74. The van der Waals surface area contributed by atoms with E-state index in [2.05, 4.69) is 10.3 Å². The Morgan fingerprint density at radius 2 is 1.90 bits per heavy atom. The van der Waals surface area contributed by atoms with Crippen molar-refractivity contribution in [1.82, 2.24) is 4.98 Å². The molecule has 2 heterocycles. The van der Waals surface area contributed by atoms with Crippen LogP contribution < -0.4 is 9.64 Å². The van der Waals surface area contributed by atoms with Crippen molar-refractivity contribution in [1.29, 1.82) is 0 Å². The fourth-order valence-corrected chi connectivity index (χ4v) is 5.02. The van der Waals surface area contributed by atoms with Crippen LogP contribution >= 0.6 is 11.3 Å². The summed E-state index contributed by atoms with van der Waals surface area (Å²) in [5.74, 6) is 0.120. The zero-order chi connectivity index (χ0) is 20.1. The average Bonchev–Trinajstić information content (AvgIpc) is 3.42. The number of nitrogens with zero attached hydrogens (tertiary/aromatic N) is 2. The molecule has 0 bridgehead atoms. The van der Waals surface area contributed by atoms with E-state index in [1.54, 1.807) is 11.3 Å². The van der Waals surface area contributed by atoms with E-state index in [9.17, 15) is 4.79 Å². The topological polar surface area (TPSA) is 71.9 Å². The number of hydrogen-bond acceptors (Lipinski definition) is 6. The number of rotatable bonds is 8. The maximum atomic E-state index is 11.1. The van der Waals surface area contributed by atoms with Crippen LogP contribution in [0.2, 0.25) is 0 Å². The summed E-state index contributed by atoms with van der Waals surface area (Å²) < 4.78 is 11.4. The van der Waals surface area contributed by atoms with E-state index < -0.39 is 5.97 Å². The maximum Gasteiger partial charge on any atom is 0.305 e. The molecule has 1 saturated heterocycles. The van der Waals surface area contributed by atoms with E-state index in [4.69, 9.17) is 19.6 Å². The van der Waals surface area contributed by atoms with Crippen molar-refractivity contribution in [3.8, 4) is 17.0 Å². The molecule has 1 N–H and O–H groups in total. The van der Waals surface area contributed by atoms with E-state index in [1.165, 1.54) is 12.8 Å². The molecule has 2 aliphatic rings. The van der Waals surface area contributed by atoms with Gasteiger partial charge >= 0.3 is 5.97 Å². The van der Waals surface area contributed by atoms with Crippen LogP contribution in [0.25, 0.3) is 11.3 Å². The van der Waals surface area contributed by atoms with Crippen molar-refractivity contribution >= 4 is 22.4 Å². The summed E-state index contributed by atoms with van der Waals surface area (Å²) in [7, 11) is 0. The Balaban J connectivity index is 1.44. The van der Waals surface area contributed by atoms with Gasteiger partial charge in [0.05, 0.1) is 25.3 Å². The van der Waals surface area contributed by atoms with Gasteiger partial charge in [0.2, 0.25) is 0 Å². The minimum Gasteiger partial charge on any atom is -0.490 e. The predicted octanol–water partition coefficient (Wildman–Crippen LogP) is 4.59. The lowest BCUT2D eigenvalue weighted by molar-refractivity contribution is -0.136. The summed E-state index contributed by atoms with van der Waals surface area (Å²) in [6.07, 6.45) is 6.90. The molecule has 1 saturated carbocycles. The number of ether oxygens (including phenoxy) is 2. The summed E-state index contributed by atoms with van der Waals surface area (Å²) >= 11 is 1.60. The van der Waals surface area contributed by atoms with Crippen molar-refractivity contribution in [2.75, 3.05) is 24.7 Å². The van der Waals surface area contributed by atoms with Gasteiger partial charge in [0.15, 0.2) is 5.13 Å². The van der Waals surface area contributed by atoms with E-state index in [0.29, 0.717) is 12.6 Å². The van der Waals surface area contributed by atoms with Crippen LogP contribution in [0.4, 0.5) is 5.13 Å². The lowest BCUT2D eigenvalue weighted by Crippen LogP contribution is -2.35. The van der Waals surface area contributed by atoms with E-state index in [-0.39, 0.29) is 12.5 Å². The number of carbonyl (C=O) groups is 1. The highest BCUT2D eigenvalue weighted by Crippen LogP contribution is 2.33. The van der Waals surface area contributed by atoms with Crippen LogP contribution in [0.3, 0.4) is 0 Å². The van der Waals surface area contributed by atoms with E-state index >= 15 is 0 Å². The summed E-state index contributed by atoms with van der Waals surface area (Å²) in [5, 5.41) is 12.1. The molecule has 1 aliphatic carbocycles. The molecule has 2 fully saturated rings. The van der Waals surface area contributed by atoms with E-state index in [1.807, 2.05) is 24.3 Å². The number of carboxylic acids is 1. The molecule has 0 radical (unpaired) electrons. The summed E-state index contributed by atoms with van der Waals surface area (Å²) in [4.78, 5) is 18.1. The van der Waals surface area contributed by atoms with Crippen molar-refractivity contribution < 1.29 is 19.4 Å². The molecule has 0 spiro atoms. The Labute approximate surface area is 175 Å². The Bertz CT molecular complexity index is 795. The second-order valence-corrected chi connectivity index (χ2v) is 8.58. The molecular weight excluding hydrogens is 388 g/mol. The Morgan fingerprint density at radius 3 is 2.59 bits per heavy atom. The van der Waals surface area contributed by atoms with Crippen molar-refractivity contribution in [3.05, 3.63) is 29.6 Å². The summed E-state index contributed by atoms with van der Waals surface area (Å²) in [6, 6.07) is 8.50. The lowest BCUT2D eigenvalue weighted by atomic mass is 10.1. The van der Waals surface area contributed by atoms with Gasteiger partial charge in [0, 0.05) is 36.4 Å². The Kier molecular flexibility index (Phi) is 6.67. The SMILES string of the molecule is O=C(O)CCN(c1nc(-c2ccc(OC3CCOCC3)cc2)cs1)C1CCCC1. The standard InChI is InChI=1S/C22H28N2O4S/c25-21(26)9-12-24(17-3-1-2-4-17)22-23-20(15-29-22)16-5-7-18(8-6-16)28-19-10-13-27-14-11-19/h5-8,15,17,19H,1-4,9-14H2,(H,25,26). The first-order chi connectivity index (χ1) is 14.2. The number of carboxylic acid groups (broad SMARTS) is 1. The van der Waals surface area contributed by atoms with E-state index in [0.717, 1.165) is 61.0 Å². The third-order valence-electron chi connectivity index (χ3n) is 5.69. The van der Waals surface area contributed by atoms with Crippen LogP contribution in [-0.2, 0) is 9.53 Å². The highest BCUT2D eigenvalue weighted by Gasteiger charge is 2.25. The summed E-state index contributed by atoms with van der Waals surface area (Å²) in [6.45, 7) is 2.05. The van der Waals surface area contributed by atoms with Gasteiger partial charge in [-0.25, -0.2) is 4.98 Å². The number of hydrogen-bond donors (Lipinski definition) is 1. The Hall–Kier alpha value is -2.12. The monoisotopic (exact) mass is 416 g/mol. The second kappa shape index (κ2) is 9.59. The van der Waals surface area contributed by atoms with Crippen molar-refractivity contribution in [2.45, 2.75) is 57.1 Å². The van der Waals surface area contributed by atoms with Gasteiger partial charge in [-0.3, -0.25) is 4.79 Å². The molecule has 0 amide bonds. The highest BCUT2D eigenvalue weighted by atomic mass is 32.1. The fourth-order valence-electron chi connectivity index (χ4n) is 4.09. The molecule has 1 aromatic heterocycles. The van der Waals surface area contributed by atoms with Gasteiger partial charge in [-0.15, -0.1) is 11.3 Å². The minimum absolute atomic E-state index is 0.143. The zero-order valence-corrected chi connectivity index (χ0v) is 17.4. The quantitative estimate of drug-likeness (QED) is 0.678. The first kappa shape index (κ1) is 20.2. The van der Waals surface area contributed by atoms with Crippen molar-refractivity contribution in [2.24, 2.45) is 0 Å². The van der Waals surface area contributed by atoms with Crippen molar-refractivity contribution in [3.63, 3.8) is 0 Å². The number of aromatic nitrogens is 1.